The average molecular weight is 556 g/mol. The standard InChI is InChI=1S/C20H21N5O6S4/c1-3-6-24-11-21-23-19(24)34-9-12-8-33-18-20(31-2,17(29)25(18)15(12)16(27)28)22-13(26)10-35(30)14-5-4-7-32-14/h3-5,7,11,18H,1,6,8-10H2,2H3,(H,22,26)(H,27,28)/t18-,20-,35?/m0/s1. The molecule has 0 aliphatic carbocycles. The monoisotopic (exact) mass is 555 g/mol. The number of carboxylic acid groups (broad SMARTS) is 1. The fourth-order valence-electron chi connectivity index (χ4n) is 3.65. The topological polar surface area (TPSA) is 144 Å². The van der Waals surface area contributed by atoms with E-state index in [-0.39, 0.29) is 17.2 Å². The number of allylic oxidation sites excluding steroid dienone is 1. The Hall–Kier alpha value is -2.46. The van der Waals surface area contributed by atoms with Crippen molar-refractivity contribution in [3.8, 4) is 0 Å². The van der Waals surface area contributed by atoms with Crippen LogP contribution in [0.1, 0.15) is 0 Å². The molecule has 2 N–H and O–H groups in total. The van der Waals surface area contributed by atoms with Crippen molar-refractivity contribution < 1.29 is 28.4 Å². The number of aromatic nitrogens is 3. The molecule has 0 aromatic carbocycles. The molecule has 2 aliphatic rings. The molecule has 1 fully saturated rings. The van der Waals surface area contributed by atoms with Crippen molar-refractivity contribution in [2.24, 2.45) is 0 Å². The zero-order valence-corrected chi connectivity index (χ0v) is 21.7. The maximum atomic E-state index is 13.2. The van der Waals surface area contributed by atoms with Crippen molar-refractivity contribution >= 4 is 63.4 Å². The van der Waals surface area contributed by atoms with Crippen LogP contribution >= 0.6 is 34.9 Å². The number of nitrogens with zero attached hydrogens (tertiary/aromatic N) is 4. The summed E-state index contributed by atoms with van der Waals surface area (Å²) in [6.45, 7) is 4.20. The Balaban J connectivity index is 1.50. The molecule has 4 rings (SSSR count). The lowest BCUT2D eigenvalue weighted by Gasteiger charge is -2.55. The first-order chi connectivity index (χ1) is 16.8. The molecule has 0 bridgehead atoms. The maximum absolute atomic E-state index is 13.2. The minimum absolute atomic E-state index is 0.134. The minimum atomic E-state index is -1.73. The van der Waals surface area contributed by atoms with Gasteiger partial charge in [-0.05, 0) is 17.0 Å². The van der Waals surface area contributed by atoms with Gasteiger partial charge in [-0.3, -0.25) is 18.7 Å². The number of hydrogen-bond acceptors (Lipinski definition) is 10. The van der Waals surface area contributed by atoms with Crippen LogP contribution in [0.2, 0.25) is 0 Å². The van der Waals surface area contributed by atoms with Crippen LogP contribution in [0.5, 0.6) is 0 Å². The van der Waals surface area contributed by atoms with Crippen molar-refractivity contribution in [3.05, 3.63) is 47.8 Å². The third-order valence-corrected chi connectivity index (χ3v) is 10.3. The predicted molar refractivity (Wildman–Crippen MR) is 132 cm³/mol. The molecule has 2 aromatic heterocycles. The molecule has 0 spiro atoms. The molecule has 2 aliphatic heterocycles. The van der Waals surface area contributed by atoms with Gasteiger partial charge in [-0.15, -0.1) is 39.9 Å². The molecule has 4 heterocycles. The van der Waals surface area contributed by atoms with Gasteiger partial charge in [0.15, 0.2) is 5.16 Å². The number of methoxy groups -OCH3 is 1. The van der Waals surface area contributed by atoms with Gasteiger partial charge in [-0.25, -0.2) is 4.79 Å². The van der Waals surface area contributed by atoms with Crippen molar-refractivity contribution in [2.75, 3.05) is 24.4 Å². The number of carboxylic acids is 1. The minimum Gasteiger partial charge on any atom is -0.477 e. The number of carbonyl (C=O) groups excluding carboxylic acids is 2. The van der Waals surface area contributed by atoms with Gasteiger partial charge in [0.05, 0.1) is 15.0 Å². The Labute approximate surface area is 215 Å². The highest BCUT2D eigenvalue weighted by Crippen LogP contribution is 2.47. The van der Waals surface area contributed by atoms with Gasteiger partial charge in [0.2, 0.25) is 5.91 Å². The van der Waals surface area contributed by atoms with E-state index >= 15 is 0 Å². The van der Waals surface area contributed by atoms with Crippen molar-refractivity contribution in [1.82, 2.24) is 25.0 Å². The quantitative estimate of drug-likeness (QED) is 0.179. The average Bonchev–Trinajstić information content (AvgIpc) is 3.53. The number of aliphatic carboxylic acids is 1. The van der Waals surface area contributed by atoms with Gasteiger partial charge in [0, 0.05) is 25.2 Å². The summed E-state index contributed by atoms with van der Waals surface area (Å²) in [5.41, 5.74) is -1.32. The van der Waals surface area contributed by atoms with E-state index in [0.29, 0.717) is 27.2 Å². The molecule has 35 heavy (non-hydrogen) atoms. The Morgan fingerprint density at radius 3 is 2.97 bits per heavy atom. The second kappa shape index (κ2) is 10.7. The van der Waals surface area contributed by atoms with E-state index in [1.54, 1.807) is 34.5 Å². The summed E-state index contributed by atoms with van der Waals surface area (Å²) in [6, 6.07) is 3.40. The van der Waals surface area contributed by atoms with E-state index in [1.165, 1.54) is 42.0 Å². The molecule has 1 unspecified atom stereocenters. The second-order valence-electron chi connectivity index (χ2n) is 7.35. The van der Waals surface area contributed by atoms with Crippen molar-refractivity contribution in [3.63, 3.8) is 0 Å². The molecule has 0 radical (unpaired) electrons. The molecule has 11 nitrogen and oxygen atoms in total. The predicted octanol–water partition coefficient (Wildman–Crippen LogP) is 1.14. The highest BCUT2D eigenvalue weighted by molar-refractivity contribution is 8.01. The number of nitrogens with one attached hydrogen (secondary N) is 1. The molecule has 1 saturated heterocycles. The van der Waals surface area contributed by atoms with Gasteiger partial charge in [0.25, 0.3) is 11.6 Å². The number of carbonyl (C=O) groups is 3. The third kappa shape index (κ3) is 4.82. The number of thiophene rings is 1. The SMILES string of the molecule is C=CCn1cnnc1SCC1=C(C(=O)O)N2C(=O)[C@](NC(=O)CS(=O)c3cccs3)(OC)[C@@H]2SC1. The van der Waals surface area contributed by atoms with E-state index in [9.17, 15) is 23.7 Å². The number of hydrogen-bond donors (Lipinski definition) is 2. The Morgan fingerprint density at radius 1 is 1.51 bits per heavy atom. The molecule has 15 heteroatoms. The first-order valence-electron chi connectivity index (χ1n) is 10.1. The number of fused-ring (bicyclic) bond motifs is 1. The normalized spacial score (nSPS) is 22.4. The Bertz CT molecular complexity index is 1210. The fourth-order valence-corrected chi connectivity index (χ4v) is 8.06. The first kappa shape index (κ1) is 25.6. The summed E-state index contributed by atoms with van der Waals surface area (Å²) >= 11 is 3.86. The van der Waals surface area contributed by atoms with Crippen LogP contribution in [0.25, 0.3) is 0 Å². The van der Waals surface area contributed by atoms with Crippen LogP contribution in [0.15, 0.2) is 57.1 Å². The van der Waals surface area contributed by atoms with Crippen LogP contribution < -0.4 is 5.32 Å². The largest absolute Gasteiger partial charge is 0.477 e. The number of amides is 2. The molecular formula is C20H21N5O6S4. The van der Waals surface area contributed by atoms with Crippen molar-refractivity contribution in [2.45, 2.75) is 27.0 Å². The van der Waals surface area contributed by atoms with Gasteiger partial charge < -0.3 is 19.7 Å². The van der Waals surface area contributed by atoms with Gasteiger partial charge >= 0.3 is 5.97 Å². The summed E-state index contributed by atoms with van der Waals surface area (Å²) in [6.07, 6.45) is 3.26. The zero-order chi connectivity index (χ0) is 25.2. The van der Waals surface area contributed by atoms with E-state index in [4.69, 9.17) is 4.74 Å². The summed E-state index contributed by atoms with van der Waals surface area (Å²) in [4.78, 5) is 39.1. The number of ether oxygens (including phenoxy) is 1. The lowest BCUT2D eigenvalue weighted by atomic mass is 9.98. The van der Waals surface area contributed by atoms with Crippen LogP contribution in [-0.2, 0) is 36.5 Å². The first-order valence-corrected chi connectivity index (χ1v) is 14.4. The van der Waals surface area contributed by atoms with E-state index in [2.05, 4.69) is 22.1 Å². The van der Waals surface area contributed by atoms with Crippen LogP contribution in [0.3, 0.4) is 0 Å². The fraction of sp³-hybridized carbons (Fsp3) is 0.350. The molecule has 3 atom stereocenters. The Kier molecular flexibility index (Phi) is 7.80. The van der Waals surface area contributed by atoms with Crippen LogP contribution in [0, 0.1) is 0 Å². The Morgan fingerprint density at radius 2 is 2.31 bits per heavy atom. The maximum Gasteiger partial charge on any atom is 0.352 e. The highest BCUT2D eigenvalue weighted by atomic mass is 32.2. The molecule has 2 amide bonds. The van der Waals surface area contributed by atoms with Crippen LogP contribution in [-0.4, -0.2) is 82.2 Å². The summed E-state index contributed by atoms with van der Waals surface area (Å²) in [5.74, 6) is -2.32. The van der Waals surface area contributed by atoms with Gasteiger partial charge in [0.1, 0.15) is 23.2 Å². The zero-order valence-electron chi connectivity index (χ0n) is 18.4. The molecule has 2 aromatic rings. The van der Waals surface area contributed by atoms with Gasteiger partial charge in [-0.2, -0.15) is 0 Å². The lowest BCUT2D eigenvalue weighted by molar-refractivity contribution is -0.192. The van der Waals surface area contributed by atoms with E-state index < -0.39 is 39.7 Å². The highest BCUT2D eigenvalue weighted by Gasteiger charge is 2.66. The lowest BCUT2D eigenvalue weighted by Crippen LogP contribution is -2.80. The summed E-state index contributed by atoms with van der Waals surface area (Å²) < 4.78 is 20.1. The third-order valence-electron chi connectivity index (χ3n) is 5.22. The summed E-state index contributed by atoms with van der Waals surface area (Å²) in [5, 5.41) is 22.0. The second-order valence-corrected chi connectivity index (χ2v) is 12.0. The van der Waals surface area contributed by atoms with E-state index in [0.717, 1.165) is 4.90 Å². The smallest absolute Gasteiger partial charge is 0.352 e. The van der Waals surface area contributed by atoms with Gasteiger partial charge in [-0.1, -0.05) is 23.9 Å². The number of β-lactam (4-membered cyclic amide) rings is 1. The molecular weight excluding hydrogens is 535 g/mol. The number of rotatable bonds is 11. The molecule has 186 valence electrons. The molecule has 0 saturated carbocycles. The van der Waals surface area contributed by atoms with E-state index in [1.807, 2.05) is 0 Å². The summed E-state index contributed by atoms with van der Waals surface area (Å²) in [7, 11) is -0.293. The number of thioether (sulfide) groups is 2. The van der Waals surface area contributed by atoms with Crippen molar-refractivity contribution in [1.29, 1.82) is 0 Å². The van der Waals surface area contributed by atoms with Crippen LogP contribution in [0.4, 0.5) is 0 Å².